The summed E-state index contributed by atoms with van der Waals surface area (Å²) in [5, 5.41) is 3.41. The smallest absolute Gasteiger partial charge is 0.125 e. The Balaban J connectivity index is 1.82. The average molecular weight is 234 g/mol. The molecule has 0 bridgehead atoms. The van der Waals surface area contributed by atoms with E-state index in [1.54, 1.807) is 0 Å². The highest BCUT2D eigenvalue weighted by Gasteiger charge is 2.15. The summed E-state index contributed by atoms with van der Waals surface area (Å²) in [5.41, 5.74) is 1.12. The Kier molecular flexibility index (Phi) is 4.45. The molecule has 2 rings (SSSR count). The number of piperidine rings is 1. The molecule has 1 aliphatic heterocycles. The fraction of sp³-hybridized carbons (Fsp3) is 0.692. The molecule has 0 saturated carbocycles. The standard InChI is InChI=1S/C13H22N4/c1-11-15-8-5-13(16-11)10-17(2)9-12-3-6-14-7-4-12/h5,8,12,14H,3-4,6-7,9-10H2,1-2H3. The van der Waals surface area contributed by atoms with Crippen LogP contribution in [-0.2, 0) is 6.54 Å². The van der Waals surface area contributed by atoms with E-state index in [9.17, 15) is 0 Å². The summed E-state index contributed by atoms with van der Waals surface area (Å²) in [4.78, 5) is 10.9. The van der Waals surface area contributed by atoms with Gasteiger partial charge in [-0.25, -0.2) is 9.97 Å². The van der Waals surface area contributed by atoms with Crippen molar-refractivity contribution in [3.63, 3.8) is 0 Å². The molecule has 4 nitrogen and oxygen atoms in total. The highest BCUT2D eigenvalue weighted by atomic mass is 15.1. The Morgan fingerprint density at radius 2 is 2.18 bits per heavy atom. The fourth-order valence-electron chi connectivity index (χ4n) is 2.44. The molecule has 1 aromatic heterocycles. The van der Waals surface area contributed by atoms with Crippen LogP contribution in [0.3, 0.4) is 0 Å². The minimum Gasteiger partial charge on any atom is -0.317 e. The van der Waals surface area contributed by atoms with Crippen molar-refractivity contribution in [2.75, 3.05) is 26.7 Å². The van der Waals surface area contributed by atoms with Crippen molar-refractivity contribution < 1.29 is 0 Å². The lowest BCUT2D eigenvalue weighted by molar-refractivity contribution is 0.232. The predicted molar refractivity (Wildman–Crippen MR) is 68.7 cm³/mol. The van der Waals surface area contributed by atoms with Gasteiger partial charge in [0.1, 0.15) is 5.82 Å². The van der Waals surface area contributed by atoms with E-state index in [4.69, 9.17) is 0 Å². The van der Waals surface area contributed by atoms with E-state index in [0.717, 1.165) is 24.0 Å². The third-order valence-electron chi connectivity index (χ3n) is 3.29. The summed E-state index contributed by atoms with van der Waals surface area (Å²) in [6.07, 6.45) is 4.44. The van der Waals surface area contributed by atoms with Crippen LogP contribution in [0.2, 0.25) is 0 Å². The molecule has 1 aliphatic rings. The van der Waals surface area contributed by atoms with Crippen molar-refractivity contribution >= 4 is 0 Å². The van der Waals surface area contributed by atoms with Crippen molar-refractivity contribution in [3.05, 3.63) is 23.8 Å². The first-order valence-corrected chi connectivity index (χ1v) is 6.42. The number of nitrogens with one attached hydrogen (secondary N) is 1. The number of rotatable bonds is 4. The van der Waals surface area contributed by atoms with E-state index in [-0.39, 0.29) is 0 Å². The molecule has 4 heteroatoms. The zero-order valence-electron chi connectivity index (χ0n) is 10.8. The van der Waals surface area contributed by atoms with Gasteiger partial charge in [0.15, 0.2) is 0 Å². The summed E-state index contributed by atoms with van der Waals surface area (Å²) in [6, 6.07) is 2.01. The SMILES string of the molecule is Cc1nccc(CN(C)CC2CCNCC2)n1. The normalized spacial score (nSPS) is 17.6. The molecule has 1 N–H and O–H groups in total. The van der Waals surface area contributed by atoms with Gasteiger partial charge >= 0.3 is 0 Å². The number of hydrogen-bond donors (Lipinski definition) is 1. The van der Waals surface area contributed by atoms with E-state index in [1.165, 1.54) is 32.5 Å². The van der Waals surface area contributed by atoms with Gasteiger partial charge < -0.3 is 10.2 Å². The van der Waals surface area contributed by atoms with Gasteiger partial charge in [0.2, 0.25) is 0 Å². The van der Waals surface area contributed by atoms with Crippen molar-refractivity contribution in [2.24, 2.45) is 5.92 Å². The molecule has 0 radical (unpaired) electrons. The lowest BCUT2D eigenvalue weighted by Crippen LogP contribution is -2.34. The minimum atomic E-state index is 0.837. The third kappa shape index (κ3) is 4.06. The maximum absolute atomic E-state index is 4.44. The van der Waals surface area contributed by atoms with E-state index < -0.39 is 0 Å². The van der Waals surface area contributed by atoms with Crippen molar-refractivity contribution in [3.8, 4) is 0 Å². The van der Waals surface area contributed by atoms with Crippen molar-refractivity contribution in [2.45, 2.75) is 26.3 Å². The molecular formula is C13H22N4. The Labute approximate surface area is 103 Å². The third-order valence-corrected chi connectivity index (χ3v) is 3.29. The number of aromatic nitrogens is 2. The maximum atomic E-state index is 4.44. The Bertz CT molecular complexity index is 347. The van der Waals surface area contributed by atoms with Gasteiger partial charge in [-0.2, -0.15) is 0 Å². The lowest BCUT2D eigenvalue weighted by Gasteiger charge is -2.27. The lowest BCUT2D eigenvalue weighted by atomic mass is 9.98. The summed E-state index contributed by atoms with van der Waals surface area (Å²) in [6.45, 7) is 6.38. The molecule has 1 aromatic rings. The van der Waals surface area contributed by atoms with Gasteiger partial charge in [-0.05, 0) is 51.9 Å². The van der Waals surface area contributed by atoms with E-state index >= 15 is 0 Å². The second-order valence-corrected chi connectivity index (χ2v) is 4.99. The Morgan fingerprint density at radius 1 is 1.41 bits per heavy atom. The van der Waals surface area contributed by atoms with Crippen LogP contribution >= 0.6 is 0 Å². The molecule has 17 heavy (non-hydrogen) atoms. The molecule has 0 unspecified atom stereocenters. The zero-order chi connectivity index (χ0) is 12.1. The van der Waals surface area contributed by atoms with Crippen LogP contribution in [0.1, 0.15) is 24.4 Å². The van der Waals surface area contributed by atoms with Crippen LogP contribution < -0.4 is 5.32 Å². The zero-order valence-corrected chi connectivity index (χ0v) is 10.8. The molecule has 0 atom stereocenters. The van der Waals surface area contributed by atoms with Crippen LogP contribution in [0, 0.1) is 12.8 Å². The molecule has 0 spiro atoms. The number of nitrogens with zero attached hydrogens (tertiary/aromatic N) is 3. The first-order chi connectivity index (χ1) is 8.24. The maximum Gasteiger partial charge on any atom is 0.125 e. The molecule has 94 valence electrons. The first-order valence-electron chi connectivity index (χ1n) is 6.42. The summed E-state index contributed by atoms with van der Waals surface area (Å²) in [5.74, 6) is 1.70. The first kappa shape index (κ1) is 12.5. The fourth-order valence-corrected chi connectivity index (χ4v) is 2.44. The topological polar surface area (TPSA) is 41.1 Å². The molecule has 0 amide bonds. The molecular weight excluding hydrogens is 212 g/mol. The van der Waals surface area contributed by atoms with Crippen molar-refractivity contribution in [1.82, 2.24) is 20.2 Å². The van der Waals surface area contributed by atoms with Crippen molar-refractivity contribution in [1.29, 1.82) is 0 Å². The number of aryl methyl sites for hydroxylation is 1. The highest BCUT2D eigenvalue weighted by Crippen LogP contribution is 2.13. The second-order valence-electron chi connectivity index (χ2n) is 4.99. The number of hydrogen-bond acceptors (Lipinski definition) is 4. The largest absolute Gasteiger partial charge is 0.317 e. The van der Waals surface area contributed by atoms with E-state index in [2.05, 4.69) is 27.2 Å². The summed E-state index contributed by atoms with van der Waals surface area (Å²) >= 11 is 0. The second kappa shape index (κ2) is 6.07. The van der Waals surface area contributed by atoms with E-state index in [1.807, 2.05) is 19.2 Å². The average Bonchev–Trinajstić information content (AvgIpc) is 2.30. The van der Waals surface area contributed by atoms with Crippen LogP contribution in [0.4, 0.5) is 0 Å². The van der Waals surface area contributed by atoms with Crippen LogP contribution in [0.5, 0.6) is 0 Å². The van der Waals surface area contributed by atoms with Gasteiger partial charge in [0, 0.05) is 19.3 Å². The molecule has 1 fully saturated rings. The minimum absolute atomic E-state index is 0.837. The van der Waals surface area contributed by atoms with Gasteiger partial charge in [-0.3, -0.25) is 0 Å². The molecule has 0 aromatic carbocycles. The summed E-state index contributed by atoms with van der Waals surface area (Å²) in [7, 11) is 2.18. The molecule has 2 heterocycles. The van der Waals surface area contributed by atoms with Crippen LogP contribution in [-0.4, -0.2) is 41.5 Å². The molecule has 0 aliphatic carbocycles. The highest BCUT2D eigenvalue weighted by molar-refractivity contribution is 5.01. The van der Waals surface area contributed by atoms with Crippen LogP contribution in [0.15, 0.2) is 12.3 Å². The molecule has 1 saturated heterocycles. The van der Waals surface area contributed by atoms with Crippen LogP contribution in [0.25, 0.3) is 0 Å². The monoisotopic (exact) mass is 234 g/mol. The Hall–Kier alpha value is -1.00. The van der Waals surface area contributed by atoms with Gasteiger partial charge in [0.25, 0.3) is 0 Å². The Morgan fingerprint density at radius 3 is 2.88 bits per heavy atom. The summed E-state index contributed by atoms with van der Waals surface area (Å²) < 4.78 is 0. The van der Waals surface area contributed by atoms with E-state index in [0.29, 0.717) is 0 Å². The predicted octanol–water partition coefficient (Wildman–Crippen LogP) is 1.22. The van der Waals surface area contributed by atoms with Gasteiger partial charge in [-0.15, -0.1) is 0 Å². The van der Waals surface area contributed by atoms with Gasteiger partial charge in [0.05, 0.1) is 5.69 Å². The van der Waals surface area contributed by atoms with Gasteiger partial charge in [-0.1, -0.05) is 0 Å². The quantitative estimate of drug-likeness (QED) is 0.850.